The summed E-state index contributed by atoms with van der Waals surface area (Å²) >= 11 is 0. The zero-order chi connectivity index (χ0) is 13.5. The van der Waals surface area contributed by atoms with Crippen molar-refractivity contribution in [3.8, 4) is 17.2 Å². The standard InChI is InChI=1S/C15H18N2O2/c1-12(11-17-16)18-14-7-9-15(10-8-14)19-13-5-3-2-4-6-13/h2-10,12,17H,11,16H2,1H3. The predicted molar refractivity (Wildman–Crippen MR) is 75.2 cm³/mol. The van der Waals surface area contributed by atoms with E-state index in [0.29, 0.717) is 6.54 Å². The van der Waals surface area contributed by atoms with Crippen LogP contribution >= 0.6 is 0 Å². The molecule has 0 aliphatic rings. The van der Waals surface area contributed by atoms with Crippen molar-refractivity contribution < 1.29 is 9.47 Å². The van der Waals surface area contributed by atoms with Crippen LogP contribution < -0.4 is 20.7 Å². The predicted octanol–water partition coefficient (Wildman–Crippen LogP) is 2.71. The van der Waals surface area contributed by atoms with E-state index in [1.807, 2.05) is 61.5 Å². The van der Waals surface area contributed by atoms with Crippen molar-refractivity contribution in [3.05, 3.63) is 54.6 Å². The number of para-hydroxylation sites is 1. The smallest absolute Gasteiger partial charge is 0.127 e. The number of benzene rings is 2. The summed E-state index contributed by atoms with van der Waals surface area (Å²) in [6.45, 7) is 2.55. The van der Waals surface area contributed by atoms with Gasteiger partial charge < -0.3 is 9.47 Å². The minimum atomic E-state index is 0.0193. The zero-order valence-electron chi connectivity index (χ0n) is 10.9. The first-order chi connectivity index (χ1) is 9.28. The van der Waals surface area contributed by atoms with Crippen LogP contribution in [0, 0.1) is 0 Å². The fourth-order valence-corrected chi connectivity index (χ4v) is 1.65. The van der Waals surface area contributed by atoms with Crippen molar-refractivity contribution in [3.63, 3.8) is 0 Å². The molecule has 4 heteroatoms. The molecule has 2 aromatic rings. The van der Waals surface area contributed by atoms with Crippen molar-refractivity contribution >= 4 is 0 Å². The Morgan fingerprint density at radius 1 is 0.947 bits per heavy atom. The molecule has 2 aromatic carbocycles. The number of rotatable bonds is 6. The largest absolute Gasteiger partial charge is 0.489 e. The van der Waals surface area contributed by atoms with E-state index < -0.39 is 0 Å². The average molecular weight is 258 g/mol. The van der Waals surface area contributed by atoms with Crippen molar-refractivity contribution in [2.45, 2.75) is 13.0 Å². The second kappa shape index (κ2) is 6.78. The van der Waals surface area contributed by atoms with Gasteiger partial charge >= 0.3 is 0 Å². The van der Waals surface area contributed by atoms with Crippen LogP contribution in [0.2, 0.25) is 0 Å². The molecule has 2 rings (SSSR count). The number of nitrogens with one attached hydrogen (secondary N) is 1. The SMILES string of the molecule is CC(CNN)Oc1ccc(Oc2ccccc2)cc1. The molecule has 0 radical (unpaired) electrons. The first-order valence-corrected chi connectivity index (χ1v) is 6.21. The highest BCUT2D eigenvalue weighted by atomic mass is 16.5. The van der Waals surface area contributed by atoms with Crippen LogP contribution in [0.1, 0.15) is 6.92 Å². The Morgan fingerprint density at radius 2 is 1.53 bits per heavy atom. The molecule has 4 nitrogen and oxygen atoms in total. The number of nitrogens with two attached hydrogens (primary N) is 1. The van der Waals surface area contributed by atoms with E-state index in [-0.39, 0.29) is 6.10 Å². The van der Waals surface area contributed by atoms with Crippen LogP contribution in [-0.4, -0.2) is 12.6 Å². The minimum Gasteiger partial charge on any atom is -0.489 e. The number of hydrazine groups is 1. The molecule has 0 aliphatic heterocycles. The molecular formula is C15H18N2O2. The second-order valence-corrected chi connectivity index (χ2v) is 4.22. The molecule has 0 bridgehead atoms. The van der Waals surface area contributed by atoms with Gasteiger partial charge in [0.2, 0.25) is 0 Å². The number of hydrogen-bond acceptors (Lipinski definition) is 4. The lowest BCUT2D eigenvalue weighted by Gasteiger charge is -2.14. The summed E-state index contributed by atoms with van der Waals surface area (Å²) < 4.78 is 11.4. The van der Waals surface area contributed by atoms with Crippen LogP contribution in [0.15, 0.2) is 54.6 Å². The van der Waals surface area contributed by atoms with E-state index in [1.165, 1.54) is 0 Å². The van der Waals surface area contributed by atoms with Crippen LogP contribution in [-0.2, 0) is 0 Å². The van der Waals surface area contributed by atoms with Gasteiger partial charge in [0.1, 0.15) is 23.4 Å². The van der Waals surface area contributed by atoms with Crippen LogP contribution in [0.5, 0.6) is 17.2 Å². The third-order valence-electron chi connectivity index (χ3n) is 2.55. The molecule has 3 N–H and O–H groups in total. The topological polar surface area (TPSA) is 56.5 Å². The first kappa shape index (κ1) is 13.4. The number of ether oxygens (including phenoxy) is 2. The molecule has 0 saturated heterocycles. The molecule has 0 heterocycles. The summed E-state index contributed by atoms with van der Waals surface area (Å²) in [5, 5.41) is 0. The molecule has 0 spiro atoms. The second-order valence-electron chi connectivity index (χ2n) is 4.22. The molecule has 0 amide bonds. The lowest BCUT2D eigenvalue weighted by molar-refractivity contribution is 0.217. The van der Waals surface area contributed by atoms with E-state index in [9.17, 15) is 0 Å². The quantitative estimate of drug-likeness (QED) is 0.618. The van der Waals surface area contributed by atoms with Gasteiger partial charge in [-0.2, -0.15) is 0 Å². The fourth-order valence-electron chi connectivity index (χ4n) is 1.65. The van der Waals surface area contributed by atoms with Crippen molar-refractivity contribution in [1.82, 2.24) is 5.43 Å². The summed E-state index contributed by atoms with van der Waals surface area (Å²) in [5.41, 5.74) is 2.58. The maximum atomic E-state index is 5.70. The van der Waals surface area contributed by atoms with Crippen molar-refractivity contribution in [2.24, 2.45) is 5.84 Å². The molecule has 0 aliphatic carbocycles. The Hall–Kier alpha value is -2.04. The van der Waals surface area contributed by atoms with Crippen LogP contribution in [0.4, 0.5) is 0 Å². The van der Waals surface area contributed by atoms with Gasteiger partial charge in [0.25, 0.3) is 0 Å². The van der Waals surface area contributed by atoms with E-state index in [2.05, 4.69) is 5.43 Å². The zero-order valence-corrected chi connectivity index (χ0v) is 10.9. The van der Waals surface area contributed by atoms with E-state index in [1.54, 1.807) is 0 Å². The summed E-state index contributed by atoms with van der Waals surface area (Å²) in [4.78, 5) is 0. The summed E-state index contributed by atoms with van der Waals surface area (Å²) in [7, 11) is 0. The Bertz CT molecular complexity index is 485. The molecular weight excluding hydrogens is 240 g/mol. The summed E-state index contributed by atoms with van der Waals surface area (Å²) in [6.07, 6.45) is 0.0193. The van der Waals surface area contributed by atoms with Gasteiger partial charge in [-0.25, -0.2) is 0 Å². The Morgan fingerprint density at radius 3 is 2.16 bits per heavy atom. The molecule has 1 atom stereocenters. The molecule has 19 heavy (non-hydrogen) atoms. The third-order valence-corrected chi connectivity index (χ3v) is 2.55. The highest BCUT2D eigenvalue weighted by molar-refractivity contribution is 5.35. The van der Waals surface area contributed by atoms with Crippen molar-refractivity contribution in [1.29, 1.82) is 0 Å². The van der Waals surface area contributed by atoms with Gasteiger partial charge in [-0.1, -0.05) is 18.2 Å². The highest BCUT2D eigenvalue weighted by Gasteiger charge is 2.03. The Kier molecular flexibility index (Phi) is 4.78. The molecule has 0 fully saturated rings. The van der Waals surface area contributed by atoms with Gasteiger partial charge in [0.05, 0.1) is 0 Å². The summed E-state index contributed by atoms with van der Waals surface area (Å²) in [6, 6.07) is 17.2. The number of hydrogen-bond donors (Lipinski definition) is 2. The lowest BCUT2D eigenvalue weighted by Crippen LogP contribution is -2.33. The lowest BCUT2D eigenvalue weighted by atomic mass is 10.3. The van der Waals surface area contributed by atoms with E-state index in [0.717, 1.165) is 17.2 Å². The third kappa shape index (κ3) is 4.28. The van der Waals surface area contributed by atoms with Gasteiger partial charge in [0.15, 0.2) is 0 Å². The minimum absolute atomic E-state index is 0.0193. The Labute approximate surface area is 113 Å². The normalized spacial score (nSPS) is 11.9. The fraction of sp³-hybridized carbons (Fsp3) is 0.200. The maximum Gasteiger partial charge on any atom is 0.127 e. The van der Waals surface area contributed by atoms with Crippen LogP contribution in [0.25, 0.3) is 0 Å². The monoisotopic (exact) mass is 258 g/mol. The summed E-state index contributed by atoms with van der Waals surface area (Å²) in [5.74, 6) is 7.63. The first-order valence-electron chi connectivity index (χ1n) is 6.21. The molecule has 0 aromatic heterocycles. The van der Waals surface area contributed by atoms with Gasteiger partial charge in [-0.3, -0.25) is 11.3 Å². The van der Waals surface area contributed by atoms with Gasteiger partial charge in [-0.15, -0.1) is 0 Å². The average Bonchev–Trinajstić information content (AvgIpc) is 2.42. The molecule has 0 saturated carbocycles. The van der Waals surface area contributed by atoms with Gasteiger partial charge in [-0.05, 0) is 43.3 Å². The van der Waals surface area contributed by atoms with Gasteiger partial charge in [0, 0.05) is 6.54 Å². The van der Waals surface area contributed by atoms with E-state index >= 15 is 0 Å². The molecule has 100 valence electrons. The van der Waals surface area contributed by atoms with Crippen molar-refractivity contribution in [2.75, 3.05) is 6.54 Å². The maximum absolute atomic E-state index is 5.70. The van der Waals surface area contributed by atoms with E-state index in [4.69, 9.17) is 15.3 Å². The highest BCUT2D eigenvalue weighted by Crippen LogP contribution is 2.23. The molecule has 1 unspecified atom stereocenters. The van der Waals surface area contributed by atoms with Crippen LogP contribution in [0.3, 0.4) is 0 Å². The Balaban J connectivity index is 1.95.